The Bertz CT molecular complexity index is 1230. The summed E-state index contributed by atoms with van der Waals surface area (Å²) in [6.45, 7) is 7.61. The number of anilines is 3. The van der Waals surface area contributed by atoms with Gasteiger partial charge in [-0.1, -0.05) is 32.9 Å². The molecule has 0 saturated carbocycles. The summed E-state index contributed by atoms with van der Waals surface area (Å²) in [5.41, 5.74) is 2.14. The summed E-state index contributed by atoms with van der Waals surface area (Å²) < 4.78 is 0. The maximum absolute atomic E-state index is 12.2. The molecule has 0 bridgehead atoms. The molecule has 2 aromatic heterocycles. The van der Waals surface area contributed by atoms with Crippen LogP contribution in [0.3, 0.4) is 0 Å². The normalized spacial score (nSPS) is 11.5. The van der Waals surface area contributed by atoms with Crippen LogP contribution in [0, 0.1) is 12.3 Å². The van der Waals surface area contributed by atoms with Crippen LogP contribution in [0.15, 0.2) is 64.6 Å². The Labute approximate surface area is 185 Å². The average molecular weight is 433 g/mol. The van der Waals surface area contributed by atoms with Crippen LogP contribution in [0.5, 0.6) is 0 Å². The number of H-pyrrole nitrogens is 1. The number of benzene rings is 2. The second-order valence-electron chi connectivity index (χ2n) is 8.26. The van der Waals surface area contributed by atoms with Crippen LogP contribution in [0.1, 0.15) is 26.5 Å². The van der Waals surface area contributed by atoms with Crippen molar-refractivity contribution in [1.29, 1.82) is 0 Å². The predicted octanol–water partition coefficient (Wildman–Crippen LogP) is 5.54. The van der Waals surface area contributed by atoms with Crippen molar-refractivity contribution >= 4 is 45.9 Å². The number of hydrogen-bond acceptors (Lipinski definition) is 6. The standard InChI is InChI=1S/C23H24N6OS/c1-14-13-19(29-28-14)26-20-17-7-5-6-8-18(17)25-22(27-20)31-16-11-9-15(10-12-16)24-21(30)23(2,3)4/h5-13H,1-4H3,(H,24,30)(H2,25,26,27,28,29). The first kappa shape index (κ1) is 20.9. The monoisotopic (exact) mass is 432 g/mol. The lowest BCUT2D eigenvalue weighted by Gasteiger charge is -2.17. The van der Waals surface area contributed by atoms with Gasteiger partial charge in [-0.2, -0.15) is 5.10 Å². The summed E-state index contributed by atoms with van der Waals surface area (Å²) >= 11 is 1.46. The van der Waals surface area contributed by atoms with Crippen LogP contribution in [-0.4, -0.2) is 26.1 Å². The number of aryl methyl sites for hydroxylation is 1. The second-order valence-corrected chi connectivity index (χ2v) is 9.30. The molecule has 4 aromatic rings. The number of para-hydroxylation sites is 1. The van der Waals surface area contributed by atoms with E-state index in [9.17, 15) is 4.79 Å². The van der Waals surface area contributed by atoms with E-state index < -0.39 is 5.41 Å². The average Bonchev–Trinajstić information content (AvgIpc) is 3.13. The van der Waals surface area contributed by atoms with Crippen LogP contribution >= 0.6 is 11.8 Å². The largest absolute Gasteiger partial charge is 0.326 e. The second kappa shape index (κ2) is 8.39. The molecule has 31 heavy (non-hydrogen) atoms. The fourth-order valence-corrected chi connectivity index (χ4v) is 3.59. The lowest BCUT2D eigenvalue weighted by molar-refractivity contribution is -0.123. The van der Waals surface area contributed by atoms with Crippen molar-refractivity contribution in [2.75, 3.05) is 10.6 Å². The van der Waals surface area contributed by atoms with E-state index in [4.69, 9.17) is 9.97 Å². The predicted molar refractivity (Wildman–Crippen MR) is 125 cm³/mol. The number of hydrogen-bond donors (Lipinski definition) is 3. The number of fused-ring (bicyclic) bond motifs is 1. The minimum Gasteiger partial charge on any atom is -0.326 e. The van der Waals surface area contributed by atoms with E-state index in [1.54, 1.807) is 0 Å². The maximum atomic E-state index is 12.2. The fraction of sp³-hybridized carbons (Fsp3) is 0.217. The summed E-state index contributed by atoms with van der Waals surface area (Å²) in [4.78, 5) is 22.6. The van der Waals surface area contributed by atoms with Gasteiger partial charge in [-0.05, 0) is 55.1 Å². The highest BCUT2D eigenvalue weighted by molar-refractivity contribution is 7.99. The van der Waals surface area contributed by atoms with Gasteiger partial charge in [-0.15, -0.1) is 0 Å². The molecule has 0 spiro atoms. The molecule has 7 nitrogen and oxygen atoms in total. The van der Waals surface area contributed by atoms with Crippen molar-refractivity contribution in [2.45, 2.75) is 37.7 Å². The van der Waals surface area contributed by atoms with E-state index >= 15 is 0 Å². The summed E-state index contributed by atoms with van der Waals surface area (Å²) in [6, 6.07) is 17.5. The number of aromatic amines is 1. The molecule has 0 aliphatic rings. The SMILES string of the molecule is Cc1cc(Nc2nc(Sc3ccc(NC(=O)C(C)(C)C)cc3)nc3ccccc23)n[nH]1. The lowest BCUT2D eigenvalue weighted by atomic mass is 9.95. The molecular weight excluding hydrogens is 408 g/mol. The van der Waals surface area contributed by atoms with Gasteiger partial charge >= 0.3 is 0 Å². The summed E-state index contributed by atoms with van der Waals surface area (Å²) in [5, 5.41) is 14.9. The molecule has 3 N–H and O–H groups in total. The number of carbonyl (C=O) groups is 1. The van der Waals surface area contributed by atoms with Crippen molar-refractivity contribution in [2.24, 2.45) is 5.41 Å². The first-order valence-corrected chi connectivity index (χ1v) is 10.7. The first-order valence-electron chi connectivity index (χ1n) is 9.93. The Kier molecular flexibility index (Phi) is 5.65. The van der Waals surface area contributed by atoms with E-state index in [1.807, 2.05) is 82.3 Å². The first-order chi connectivity index (χ1) is 14.8. The molecule has 158 valence electrons. The molecule has 1 amide bonds. The van der Waals surface area contributed by atoms with E-state index in [0.717, 1.165) is 27.2 Å². The topological polar surface area (TPSA) is 95.6 Å². The van der Waals surface area contributed by atoms with E-state index in [1.165, 1.54) is 11.8 Å². The van der Waals surface area contributed by atoms with Crippen LogP contribution in [-0.2, 0) is 4.79 Å². The molecule has 0 fully saturated rings. The van der Waals surface area contributed by atoms with Crippen LogP contribution in [0.25, 0.3) is 10.9 Å². The molecular formula is C23H24N6OS. The number of rotatable bonds is 5. The van der Waals surface area contributed by atoms with Crippen molar-refractivity contribution in [3.8, 4) is 0 Å². The molecule has 0 unspecified atom stereocenters. The third kappa shape index (κ3) is 5.03. The van der Waals surface area contributed by atoms with E-state index in [2.05, 4.69) is 20.8 Å². The Morgan fingerprint density at radius 1 is 1.03 bits per heavy atom. The van der Waals surface area contributed by atoms with Gasteiger partial charge in [0.25, 0.3) is 0 Å². The molecule has 4 rings (SSSR count). The summed E-state index contributed by atoms with van der Waals surface area (Å²) in [6.07, 6.45) is 0. The van der Waals surface area contributed by atoms with Crippen molar-refractivity contribution in [3.05, 3.63) is 60.3 Å². The number of amides is 1. The quantitative estimate of drug-likeness (QED) is 0.358. The number of carbonyl (C=O) groups excluding carboxylic acids is 1. The van der Waals surface area contributed by atoms with E-state index in [-0.39, 0.29) is 5.91 Å². The van der Waals surface area contributed by atoms with Gasteiger partial charge in [-0.25, -0.2) is 9.97 Å². The van der Waals surface area contributed by atoms with E-state index in [0.29, 0.717) is 16.8 Å². The van der Waals surface area contributed by atoms with Gasteiger partial charge in [0.05, 0.1) is 5.52 Å². The molecule has 0 radical (unpaired) electrons. The van der Waals surface area contributed by atoms with Crippen LogP contribution in [0.4, 0.5) is 17.3 Å². The number of nitrogens with zero attached hydrogens (tertiary/aromatic N) is 3. The molecule has 0 aliphatic carbocycles. The Morgan fingerprint density at radius 3 is 2.45 bits per heavy atom. The van der Waals surface area contributed by atoms with Gasteiger partial charge in [-0.3, -0.25) is 9.89 Å². The van der Waals surface area contributed by atoms with Gasteiger partial charge in [0.15, 0.2) is 11.0 Å². The minimum atomic E-state index is -0.442. The summed E-state index contributed by atoms with van der Waals surface area (Å²) in [7, 11) is 0. The highest BCUT2D eigenvalue weighted by atomic mass is 32.2. The lowest BCUT2D eigenvalue weighted by Crippen LogP contribution is -2.27. The molecule has 0 atom stereocenters. The molecule has 8 heteroatoms. The van der Waals surface area contributed by atoms with Gasteiger partial charge in [0.2, 0.25) is 5.91 Å². The molecule has 0 aliphatic heterocycles. The smallest absolute Gasteiger partial charge is 0.229 e. The molecule has 2 heterocycles. The number of nitrogens with one attached hydrogen (secondary N) is 3. The Balaban J connectivity index is 1.57. The highest BCUT2D eigenvalue weighted by Gasteiger charge is 2.21. The number of aromatic nitrogens is 4. The third-order valence-corrected chi connectivity index (χ3v) is 5.41. The minimum absolute atomic E-state index is 0.0184. The Hall–Kier alpha value is -3.39. The van der Waals surface area contributed by atoms with Gasteiger partial charge < -0.3 is 10.6 Å². The zero-order valence-corrected chi connectivity index (χ0v) is 18.7. The van der Waals surface area contributed by atoms with Crippen LogP contribution in [0.2, 0.25) is 0 Å². The maximum Gasteiger partial charge on any atom is 0.229 e. The third-order valence-electron chi connectivity index (χ3n) is 4.54. The van der Waals surface area contributed by atoms with Crippen molar-refractivity contribution < 1.29 is 4.79 Å². The fourth-order valence-electron chi connectivity index (χ4n) is 2.83. The van der Waals surface area contributed by atoms with Gasteiger partial charge in [0, 0.05) is 33.1 Å². The zero-order chi connectivity index (χ0) is 22.0. The molecule has 0 saturated heterocycles. The zero-order valence-electron chi connectivity index (χ0n) is 17.9. The van der Waals surface area contributed by atoms with Crippen molar-refractivity contribution in [1.82, 2.24) is 20.2 Å². The highest BCUT2D eigenvalue weighted by Crippen LogP contribution is 2.31. The van der Waals surface area contributed by atoms with Crippen molar-refractivity contribution in [3.63, 3.8) is 0 Å². The van der Waals surface area contributed by atoms with Crippen LogP contribution < -0.4 is 10.6 Å². The van der Waals surface area contributed by atoms with Gasteiger partial charge in [0.1, 0.15) is 5.82 Å². The molecule has 2 aromatic carbocycles. The Morgan fingerprint density at radius 2 is 1.77 bits per heavy atom. The summed E-state index contributed by atoms with van der Waals surface area (Å²) in [5.74, 6) is 1.39.